The Labute approximate surface area is 162 Å². The first kappa shape index (κ1) is 22.2. The van der Waals surface area contributed by atoms with Gasteiger partial charge in [0.2, 0.25) is 19.9 Å². The maximum atomic E-state index is 13.0. The normalized spacial score (nSPS) is 29.9. The van der Waals surface area contributed by atoms with Crippen LogP contribution in [0.3, 0.4) is 0 Å². The smallest absolute Gasteiger partial charge is 0.218 e. The Balaban J connectivity index is 2.42. The Morgan fingerprint density at radius 1 is 1.22 bits per heavy atom. The SMILES string of the molecule is CC1C=CC(S(=O)(=O)C2=CC=CC(S(=O)[O-])C2C)=CC1S(=O)(=O)NCCO. The van der Waals surface area contributed by atoms with Crippen LogP contribution in [0.5, 0.6) is 0 Å². The summed E-state index contributed by atoms with van der Waals surface area (Å²) in [5.74, 6) is -1.27. The standard InChI is InChI=1S/C16H23NO7S3/c1-11-6-7-13(10-16(11)27(23,24)17-8-9-18)26(21,22)15-5-3-4-14(12(15)2)25(19)20/h3-7,10-12,14,16-18H,8-9H2,1-2H3,(H,19,20)/p-1. The van der Waals surface area contributed by atoms with E-state index < -0.39 is 53.3 Å². The third-order valence-electron chi connectivity index (χ3n) is 4.53. The summed E-state index contributed by atoms with van der Waals surface area (Å²) >= 11 is -2.48. The molecule has 2 N–H and O–H groups in total. The molecule has 11 heteroatoms. The van der Waals surface area contributed by atoms with Gasteiger partial charge in [0.25, 0.3) is 0 Å². The van der Waals surface area contributed by atoms with Gasteiger partial charge in [0.1, 0.15) is 5.25 Å². The van der Waals surface area contributed by atoms with Gasteiger partial charge in [-0.05, 0) is 35.2 Å². The van der Waals surface area contributed by atoms with E-state index in [0.717, 1.165) is 6.08 Å². The van der Waals surface area contributed by atoms with Crippen molar-refractivity contribution in [2.45, 2.75) is 24.3 Å². The first-order valence-electron chi connectivity index (χ1n) is 8.23. The molecule has 0 amide bonds. The molecule has 0 heterocycles. The molecular weight excluding hydrogens is 414 g/mol. The van der Waals surface area contributed by atoms with Crippen LogP contribution in [-0.2, 0) is 30.9 Å². The Kier molecular flexibility index (Phi) is 6.98. The van der Waals surface area contributed by atoms with Gasteiger partial charge in [-0.3, -0.25) is 4.21 Å². The highest BCUT2D eigenvalue weighted by molar-refractivity contribution is 7.99. The minimum absolute atomic E-state index is 0.0795. The maximum Gasteiger partial charge on any atom is 0.218 e. The monoisotopic (exact) mass is 436 g/mol. The third kappa shape index (κ3) is 4.66. The first-order chi connectivity index (χ1) is 12.5. The Bertz CT molecular complexity index is 929. The molecule has 0 saturated carbocycles. The summed E-state index contributed by atoms with van der Waals surface area (Å²) < 4.78 is 75.8. The highest BCUT2D eigenvalue weighted by Crippen LogP contribution is 2.34. The molecule has 0 aromatic rings. The molecule has 2 aliphatic carbocycles. The van der Waals surface area contributed by atoms with E-state index in [1.54, 1.807) is 6.92 Å². The largest absolute Gasteiger partial charge is 0.772 e. The number of allylic oxidation sites excluding steroid dienone is 5. The molecule has 0 aromatic carbocycles. The van der Waals surface area contributed by atoms with Crippen LogP contribution in [0.2, 0.25) is 0 Å². The van der Waals surface area contributed by atoms with Crippen LogP contribution in [0.25, 0.3) is 0 Å². The summed E-state index contributed by atoms with van der Waals surface area (Å²) in [6, 6.07) is 0. The van der Waals surface area contributed by atoms with Gasteiger partial charge in [-0.2, -0.15) is 0 Å². The zero-order chi connectivity index (χ0) is 20.4. The molecule has 2 rings (SSSR count). The predicted octanol–water partition coefficient (Wildman–Crippen LogP) is 0.109. The number of aliphatic hydroxyl groups excluding tert-OH is 1. The summed E-state index contributed by atoms with van der Waals surface area (Å²) in [7, 11) is -7.96. The van der Waals surface area contributed by atoms with Crippen molar-refractivity contribution in [1.82, 2.24) is 4.72 Å². The van der Waals surface area contributed by atoms with E-state index in [1.807, 2.05) is 0 Å². The molecule has 2 aliphatic rings. The molecule has 0 saturated heterocycles. The van der Waals surface area contributed by atoms with Crippen molar-refractivity contribution in [2.24, 2.45) is 11.8 Å². The quantitative estimate of drug-likeness (QED) is 0.540. The fourth-order valence-electron chi connectivity index (χ4n) is 3.00. The average molecular weight is 437 g/mol. The van der Waals surface area contributed by atoms with Gasteiger partial charge in [0.15, 0.2) is 0 Å². The van der Waals surface area contributed by atoms with E-state index in [4.69, 9.17) is 5.11 Å². The molecule has 152 valence electrons. The number of hydrogen-bond acceptors (Lipinski definition) is 7. The number of nitrogens with one attached hydrogen (secondary N) is 1. The van der Waals surface area contributed by atoms with Crippen molar-refractivity contribution < 1.29 is 30.7 Å². The average Bonchev–Trinajstić information content (AvgIpc) is 2.59. The molecule has 0 aliphatic heterocycles. The van der Waals surface area contributed by atoms with Gasteiger partial charge in [-0.25, -0.2) is 21.6 Å². The number of sulfone groups is 1. The second-order valence-corrected chi connectivity index (χ2v) is 11.3. The molecule has 27 heavy (non-hydrogen) atoms. The van der Waals surface area contributed by atoms with E-state index >= 15 is 0 Å². The Hall–Kier alpha value is -1.11. The highest BCUT2D eigenvalue weighted by Gasteiger charge is 2.36. The van der Waals surface area contributed by atoms with Crippen molar-refractivity contribution in [3.05, 3.63) is 46.3 Å². The lowest BCUT2D eigenvalue weighted by atomic mass is 10.0. The van der Waals surface area contributed by atoms with Crippen molar-refractivity contribution in [1.29, 1.82) is 0 Å². The van der Waals surface area contributed by atoms with Crippen molar-refractivity contribution >= 4 is 30.9 Å². The van der Waals surface area contributed by atoms with Gasteiger partial charge < -0.3 is 9.66 Å². The molecule has 0 radical (unpaired) electrons. The molecular formula is C16H22NO7S3-. The molecule has 0 fully saturated rings. The fraction of sp³-hybridized carbons (Fsp3) is 0.500. The number of sulfonamides is 1. The lowest BCUT2D eigenvalue weighted by molar-refractivity contribution is 0.300. The third-order valence-corrected chi connectivity index (χ3v) is 9.45. The Morgan fingerprint density at radius 2 is 1.89 bits per heavy atom. The molecule has 5 unspecified atom stereocenters. The number of rotatable bonds is 7. The fourth-order valence-corrected chi connectivity index (χ4v) is 7.17. The van der Waals surface area contributed by atoms with Crippen LogP contribution in [-0.4, -0.2) is 54.4 Å². The van der Waals surface area contributed by atoms with Crippen LogP contribution in [0.4, 0.5) is 0 Å². The van der Waals surface area contributed by atoms with Crippen LogP contribution in [0.1, 0.15) is 13.8 Å². The zero-order valence-corrected chi connectivity index (χ0v) is 17.3. The number of aliphatic hydroxyl groups is 1. The second-order valence-electron chi connectivity index (χ2n) is 6.39. The van der Waals surface area contributed by atoms with Crippen LogP contribution in [0.15, 0.2) is 46.3 Å². The van der Waals surface area contributed by atoms with E-state index in [2.05, 4.69) is 4.72 Å². The van der Waals surface area contributed by atoms with Gasteiger partial charge in [0.05, 0.1) is 16.4 Å². The van der Waals surface area contributed by atoms with Crippen LogP contribution >= 0.6 is 0 Å². The topological polar surface area (TPSA) is 141 Å². The predicted molar refractivity (Wildman–Crippen MR) is 102 cm³/mol. The van der Waals surface area contributed by atoms with Crippen molar-refractivity contribution in [3.63, 3.8) is 0 Å². The van der Waals surface area contributed by atoms with E-state index in [-0.39, 0.29) is 23.0 Å². The lowest BCUT2D eigenvalue weighted by Crippen LogP contribution is -2.39. The van der Waals surface area contributed by atoms with Gasteiger partial charge in [0, 0.05) is 17.7 Å². The van der Waals surface area contributed by atoms with E-state index in [9.17, 15) is 25.6 Å². The van der Waals surface area contributed by atoms with Gasteiger partial charge in [-0.1, -0.05) is 32.1 Å². The van der Waals surface area contributed by atoms with Gasteiger partial charge in [-0.15, -0.1) is 0 Å². The maximum absolute atomic E-state index is 13.0. The lowest BCUT2D eigenvalue weighted by Gasteiger charge is -2.29. The molecule has 0 aromatic heterocycles. The van der Waals surface area contributed by atoms with Crippen molar-refractivity contribution in [3.8, 4) is 0 Å². The minimum Gasteiger partial charge on any atom is -0.772 e. The van der Waals surface area contributed by atoms with E-state index in [1.165, 1.54) is 37.3 Å². The zero-order valence-electron chi connectivity index (χ0n) is 14.8. The summed E-state index contributed by atoms with van der Waals surface area (Å²) in [6.45, 7) is 2.59. The first-order valence-corrected chi connectivity index (χ1v) is 12.4. The summed E-state index contributed by atoms with van der Waals surface area (Å²) in [5.41, 5.74) is 0. The summed E-state index contributed by atoms with van der Waals surface area (Å²) in [6.07, 6.45) is 8.11. The minimum atomic E-state index is -4.07. The van der Waals surface area contributed by atoms with Crippen LogP contribution in [0, 0.1) is 11.8 Å². The summed E-state index contributed by atoms with van der Waals surface area (Å²) in [4.78, 5) is -0.270. The molecule has 0 spiro atoms. The molecule has 5 atom stereocenters. The summed E-state index contributed by atoms with van der Waals surface area (Å²) in [5, 5.41) is 6.73. The number of hydrogen-bond donors (Lipinski definition) is 2. The van der Waals surface area contributed by atoms with E-state index in [0.29, 0.717) is 0 Å². The molecule has 8 nitrogen and oxygen atoms in total. The highest BCUT2D eigenvalue weighted by atomic mass is 32.2. The van der Waals surface area contributed by atoms with Crippen LogP contribution < -0.4 is 4.72 Å². The Morgan fingerprint density at radius 3 is 2.48 bits per heavy atom. The van der Waals surface area contributed by atoms with Crippen molar-refractivity contribution in [2.75, 3.05) is 13.2 Å². The second kappa shape index (κ2) is 8.50. The molecule has 0 bridgehead atoms. The van der Waals surface area contributed by atoms with Gasteiger partial charge >= 0.3 is 0 Å².